The minimum absolute atomic E-state index is 0.00363. The number of hydrogen-bond donors (Lipinski definition) is 2. The highest BCUT2D eigenvalue weighted by atomic mass is 79.9. The number of anilines is 1. The van der Waals surface area contributed by atoms with Crippen molar-refractivity contribution >= 4 is 27.5 Å². The van der Waals surface area contributed by atoms with Crippen LogP contribution in [-0.4, -0.2) is 15.9 Å². The molecule has 0 radical (unpaired) electrons. The zero-order valence-electron chi connectivity index (χ0n) is 15.5. The average molecular weight is 438 g/mol. The number of benzene rings is 2. The average Bonchev–Trinajstić information content (AvgIpc) is 2.62. The summed E-state index contributed by atoms with van der Waals surface area (Å²) in [4.78, 5) is 32.0. The van der Waals surface area contributed by atoms with E-state index in [1.165, 1.54) is 6.07 Å². The van der Waals surface area contributed by atoms with Crippen LogP contribution < -0.4 is 10.9 Å². The molecule has 1 aliphatic carbocycles. The zero-order chi connectivity index (χ0) is 19.7. The molecule has 2 N–H and O–H groups in total. The predicted molar refractivity (Wildman–Crippen MR) is 113 cm³/mol. The van der Waals surface area contributed by atoms with Crippen LogP contribution >= 0.6 is 15.9 Å². The van der Waals surface area contributed by atoms with Gasteiger partial charge in [0.1, 0.15) is 5.82 Å². The molecule has 6 heteroatoms. The second-order valence-electron chi connectivity index (χ2n) is 7.21. The highest BCUT2D eigenvalue weighted by Gasteiger charge is 2.45. The van der Waals surface area contributed by atoms with E-state index in [4.69, 9.17) is 0 Å². The number of amides is 1. The summed E-state index contributed by atoms with van der Waals surface area (Å²) in [6.07, 6.45) is 2.72. The van der Waals surface area contributed by atoms with Crippen LogP contribution in [0.2, 0.25) is 0 Å². The third kappa shape index (κ3) is 3.52. The van der Waals surface area contributed by atoms with Gasteiger partial charge in [0.15, 0.2) is 0 Å². The van der Waals surface area contributed by atoms with E-state index >= 15 is 0 Å². The standard InChI is InChI=1S/C22H20BrN3O2/c1-14-12-19(27)26-20(24-14)15-4-2-5-18(13-15)25-21(28)22(10-3-11-22)16-6-8-17(23)9-7-16/h2,4-9,12-13H,3,10-11H2,1H3,(H,25,28)(H,24,26,27). The second-order valence-corrected chi connectivity index (χ2v) is 8.13. The topological polar surface area (TPSA) is 74.8 Å². The van der Waals surface area contributed by atoms with Crippen molar-refractivity contribution in [2.45, 2.75) is 31.6 Å². The molecule has 28 heavy (non-hydrogen) atoms. The molecule has 142 valence electrons. The van der Waals surface area contributed by atoms with Crippen molar-refractivity contribution in [3.05, 3.63) is 80.7 Å². The van der Waals surface area contributed by atoms with Crippen LogP contribution in [0.3, 0.4) is 0 Å². The third-order valence-electron chi connectivity index (χ3n) is 5.30. The molecule has 1 aromatic heterocycles. The van der Waals surface area contributed by atoms with Crippen molar-refractivity contribution in [2.24, 2.45) is 0 Å². The molecule has 2 aromatic carbocycles. The van der Waals surface area contributed by atoms with Gasteiger partial charge in [-0.05, 0) is 49.6 Å². The first kappa shape index (κ1) is 18.6. The molecule has 1 aliphatic rings. The summed E-state index contributed by atoms with van der Waals surface area (Å²) < 4.78 is 0.999. The van der Waals surface area contributed by atoms with E-state index in [-0.39, 0.29) is 11.5 Å². The number of rotatable bonds is 4. The number of aromatic amines is 1. The number of carbonyl (C=O) groups is 1. The normalized spacial score (nSPS) is 14.9. The van der Waals surface area contributed by atoms with Gasteiger partial charge in [-0.1, -0.05) is 46.6 Å². The van der Waals surface area contributed by atoms with Gasteiger partial charge in [-0.25, -0.2) is 4.98 Å². The molecule has 0 unspecified atom stereocenters. The fourth-order valence-corrected chi connectivity index (χ4v) is 3.92. The van der Waals surface area contributed by atoms with Crippen LogP contribution in [0.5, 0.6) is 0 Å². The van der Waals surface area contributed by atoms with Gasteiger partial charge in [0.25, 0.3) is 5.56 Å². The largest absolute Gasteiger partial charge is 0.325 e. The van der Waals surface area contributed by atoms with Crippen LogP contribution in [0.15, 0.2) is 63.9 Å². The lowest BCUT2D eigenvalue weighted by molar-refractivity contribution is -0.124. The molecule has 5 nitrogen and oxygen atoms in total. The van der Waals surface area contributed by atoms with Crippen LogP contribution in [0.4, 0.5) is 5.69 Å². The van der Waals surface area contributed by atoms with Crippen molar-refractivity contribution in [2.75, 3.05) is 5.32 Å². The van der Waals surface area contributed by atoms with E-state index < -0.39 is 5.41 Å². The Labute approximate surface area is 171 Å². The van der Waals surface area contributed by atoms with E-state index in [1.54, 1.807) is 6.92 Å². The summed E-state index contributed by atoms with van der Waals surface area (Å²) in [6.45, 7) is 1.78. The van der Waals surface area contributed by atoms with Gasteiger partial charge < -0.3 is 10.3 Å². The minimum Gasteiger partial charge on any atom is -0.325 e. The molecule has 1 heterocycles. The maximum absolute atomic E-state index is 13.2. The van der Waals surface area contributed by atoms with E-state index in [2.05, 4.69) is 31.2 Å². The fraction of sp³-hybridized carbons (Fsp3) is 0.227. The lowest BCUT2D eigenvalue weighted by Crippen LogP contribution is -2.46. The number of halogens is 1. The molecule has 4 rings (SSSR count). The quantitative estimate of drug-likeness (QED) is 0.627. The number of nitrogens with zero attached hydrogens (tertiary/aromatic N) is 1. The van der Waals surface area contributed by atoms with E-state index in [0.717, 1.165) is 34.9 Å². The van der Waals surface area contributed by atoms with Crippen LogP contribution in [0.25, 0.3) is 11.4 Å². The second kappa shape index (κ2) is 7.36. The SMILES string of the molecule is Cc1cc(=O)[nH]c(-c2cccc(NC(=O)C3(c4ccc(Br)cc4)CCC3)c2)n1. The number of nitrogens with one attached hydrogen (secondary N) is 2. The molecule has 0 spiro atoms. The van der Waals surface area contributed by atoms with Crippen molar-refractivity contribution in [1.82, 2.24) is 9.97 Å². The summed E-state index contributed by atoms with van der Waals surface area (Å²) in [7, 11) is 0. The Balaban J connectivity index is 1.61. The Morgan fingerprint density at radius 1 is 1.14 bits per heavy atom. The Hall–Kier alpha value is -2.73. The molecule has 3 aromatic rings. The molecule has 0 atom stereocenters. The van der Waals surface area contributed by atoms with Gasteiger partial charge in [-0.2, -0.15) is 0 Å². The summed E-state index contributed by atoms with van der Waals surface area (Å²) in [5, 5.41) is 3.07. The maximum Gasteiger partial charge on any atom is 0.251 e. The highest BCUT2D eigenvalue weighted by Crippen LogP contribution is 2.45. The number of H-pyrrole nitrogens is 1. The minimum atomic E-state index is -0.480. The number of aromatic nitrogens is 2. The Morgan fingerprint density at radius 2 is 1.89 bits per heavy atom. The molecule has 1 saturated carbocycles. The summed E-state index contributed by atoms with van der Waals surface area (Å²) in [5.41, 5.74) is 2.46. The smallest absolute Gasteiger partial charge is 0.251 e. The van der Waals surface area contributed by atoms with Crippen LogP contribution in [0, 0.1) is 6.92 Å². The molecular formula is C22H20BrN3O2. The van der Waals surface area contributed by atoms with Gasteiger partial charge >= 0.3 is 0 Å². The van der Waals surface area contributed by atoms with Crippen molar-refractivity contribution in [3.8, 4) is 11.4 Å². The Morgan fingerprint density at radius 3 is 2.54 bits per heavy atom. The van der Waals surface area contributed by atoms with E-state index in [0.29, 0.717) is 17.2 Å². The van der Waals surface area contributed by atoms with Crippen molar-refractivity contribution in [1.29, 1.82) is 0 Å². The summed E-state index contributed by atoms with van der Waals surface area (Å²) >= 11 is 3.45. The first-order valence-corrected chi connectivity index (χ1v) is 10.0. The van der Waals surface area contributed by atoms with E-state index in [9.17, 15) is 9.59 Å². The van der Waals surface area contributed by atoms with Gasteiger partial charge in [0, 0.05) is 27.5 Å². The molecule has 0 aliphatic heterocycles. The molecular weight excluding hydrogens is 418 g/mol. The van der Waals surface area contributed by atoms with Crippen molar-refractivity contribution in [3.63, 3.8) is 0 Å². The molecule has 0 bridgehead atoms. The molecule has 0 saturated heterocycles. The number of aryl methyl sites for hydroxylation is 1. The van der Waals surface area contributed by atoms with Crippen LogP contribution in [0.1, 0.15) is 30.5 Å². The Bertz CT molecular complexity index is 1090. The lowest BCUT2D eigenvalue weighted by Gasteiger charge is -2.40. The zero-order valence-corrected chi connectivity index (χ0v) is 17.0. The summed E-state index contributed by atoms with van der Waals surface area (Å²) in [6, 6.07) is 16.8. The van der Waals surface area contributed by atoms with Gasteiger partial charge in [0.2, 0.25) is 5.91 Å². The lowest BCUT2D eigenvalue weighted by atomic mass is 9.64. The predicted octanol–water partition coefficient (Wildman–Crippen LogP) is 4.57. The number of hydrogen-bond acceptors (Lipinski definition) is 3. The van der Waals surface area contributed by atoms with Gasteiger partial charge in [-0.15, -0.1) is 0 Å². The Kier molecular flexibility index (Phi) is 4.89. The maximum atomic E-state index is 13.2. The number of carbonyl (C=O) groups excluding carboxylic acids is 1. The first-order chi connectivity index (χ1) is 13.5. The van der Waals surface area contributed by atoms with E-state index in [1.807, 2.05) is 48.5 Å². The summed E-state index contributed by atoms with van der Waals surface area (Å²) in [5.74, 6) is 0.497. The molecule has 1 amide bonds. The fourth-order valence-electron chi connectivity index (χ4n) is 3.66. The first-order valence-electron chi connectivity index (χ1n) is 9.22. The molecule has 1 fully saturated rings. The van der Waals surface area contributed by atoms with Crippen LogP contribution in [-0.2, 0) is 10.2 Å². The monoisotopic (exact) mass is 437 g/mol. The van der Waals surface area contributed by atoms with Gasteiger partial charge in [-0.3, -0.25) is 9.59 Å². The third-order valence-corrected chi connectivity index (χ3v) is 5.83. The van der Waals surface area contributed by atoms with Crippen molar-refractivity contribution < 1.29 is 4.79 Å². The highest BCUT2D eigenvalue weighted by molar-refractivity contribution is 9.10. The van der Waals surface area contributed by atoms with Gasteiger partial charge in [0.05, 0.1) is 5.41 Å².